The predicted molar refractivity (Wildman–Crippen MR) is 109 cm³/mol. The summed E-state index contributed by atoms with van der Waals surface area (Å²) in [7, 11) is -3.78. The highest BCUT2D eigenvalue weighted by Gasteiger charge is 2.29. The molecule has 2 amide bonds. The lowest BCUT2D eigenvalue weighted by atomic mass is 9.98. The fourth-order valence-electron chi connectivity index (χ4n) is 3.68. The van der Waals surface area contributed by atoms with E-state index in [-0.39, 0.29) is 30.4 Å². The minimum atomic E-state index is -3.78. The van der Waals surface area contributed by atoms with Gasteiger partial charge in [0.1, 0.15) is 17.3 Å². The highest BCUT2D eigenvalue weighted by Crippen LogP contribution is 2.36. The Morgan fingerprint density at radius 1 is 1.26 bits per heavy atom. The van der Waals surface area contributed by atoms with Crippen LogP contribution >= 0.6 is 11.3 Å². The van der Waals surface area contributed by atoms with Gasteiger partial charge in [0.05, 0.1) is 24.5 Å². The van der Waals surface area contributed by atoms with Gasteiger partial charge in [0.15, 0.2) is 0 Å². The molecule has 31 heavy (non-hydrogen) atoms. The molecule has 1 aromatic heterocycles. The van der Waals surface area contributed by atoms with Gasteiger partial charge in [-0.3, -0.25) is 0 Å². The van der Waals surface area contributed by atoms with Crippen molar-refractivity contribution in [1.82, 2.24) is 9.88 Å². The standard InChI is InChI=1S/C19H22FN3O6S2/c1-31(25,26)29-16-3-2-14(20)12-8-27-18(28-9-13(12)16)15-10-30-17(22-15)11-4-6-23(7-5-11)19(21)24/h2-3,10-11,18H,4-9H2,1H3,(H2,21,24). The van der Waals surface area contributed by atoms with Crippen molar-refractivity contribution >= 4 is 27.5 Å². The van der Waals surface area contributed by atoms with Crippen LogP contribution in [-0.4, -0.2) is 43.7 Å². The van der Waals surface area contributed by atoms with Gasteiger partial charge in [0.25, 0.3) is 0 Å². The molecule has 1 atom stereocenters. The van der Waals surface area contributed by atoms with Crippen LogP contribution in [-0.2, 0) is 32.8 Å². The Kier molecular flexibility index (Phi) is 6.15. The maximum Gasteiger partial charge on any atom is 0.314 e. The van der Waals surface area contributed by atoms with Gasteiger partial charge in [-0.25, -0.2) is 14.2 Å². The first-order chi connectivity index (χ1) is 14.7. The number of piperidine rings is 1. The largest absolute Gasteiger partial charge is 0.382 e. The zero-order chi connectivity index (χ0) is 22.2. The van der Waals surface area contributed by atoms with Crippen molar-refractivity contribution in [3.8, 4) is 5.75 Å². The SMILES string of the molecule is CS(=O)(=O)Oc1ccc(F)c2c1COC(c1csc(C3CCN(C(N)=O)CC3)n1)OC2. The van der Waals surface area contributed by atoms with E-state index in [0.29, 0.717) is 24.3 Å². The molecule has 2 N–H and O–H groups in total. The van der Waals surface area contributed by atoms with E-state index in [1.165, 1.54) is 17.4 Å². The number of ether oxygens (including phenoxy) is 2. The third-order valence-electron chi connectivity index (χ3n) is 5.27. The van der Waals surface area contributed by atoms with Crippen LogP contribution in [0.4, 0.5) is 9.18 Å². The molecule has 12 heteroatoms. The van der Waals surface area contributed by atoms with Crippen LogP contribution in [0.25, 0.3) is 0 Å². The number of urea groups is 1. The number of amides is 2. The Hall–Kier alpha value is -2.28. The smallest absolute Gasteiger partial charge is 0.314 e. The first kappa shape index (κ1) is 21.9. The molecule has 0 radical (unpaired) electrons. The number of benzene rings is 1. The summed E-state index contributed by atoms with van der Waals surface area (Å²) in [6.07, 6.45) is 1.63. The van der Waals surface area contributed by atoms with Crippen LogP contribution in [0.5, 0.6) is 5.75 Å². The summed E-state index contributed by atoms with van der Waals surface area (Å²) in [5, 5.41) is 2.75. The van der Waals surface area contributed by atoms with Crippen LogP contribution in [0.1, 0.15) is 46.9 Å². The van der Waals surface area contributed by atoms with E-state index >= 15 is 0 Å². The molecule has 1 aromatic carbocycles. The van der Waals surface area contributed by atoms with Crippen LogP contribution < -0.4 is 9.92 Å². The number of carbonyl (C=O) groups excluding carboxylic acids is 1. The lowest BCUT2D eigenvalue weighted by Crippen LogP contribution is -2.41. The second-order valence-corrected chi connectivity index (χ2v) is 9.92. The minimum Gasteiger partial charge on any atom is -0.382 e. The molecular formula is C19H22FN3O6S2. The fourth-order valence-corrected chi connectivity index (χ4v) is 5.15. The summed E-state index contributed by atoms with van der Waals surface area (Å²) in [4.78, 5) is 17.6. The Bertz CT molecular complexity index is 1080. The van der Waals surface area contributed by atoms with Gasteiger partial charge in [-0.2, -0.15) is 8.42 Å². The second kappa shape index (κ2) is 8.69. The molecular weight excluding hydrogens is 449 g/mol. The zero-order valence-electron chi connectivity index (χ0n) is 16.7. The van der Waals surface area contributed by atoms with E-state index in [9.17, 15) is 17.6 Å². The lowest BCUT2D eigenvalue weighted by molar-refractivity contribution is -0.155. The van der Waals surface area contributed by atoms with Crippen molar-refractivity contribution in [3.05, 3.63) is 45.2 Å². The van der Waals surface area contributed by atoms with E-state index in [0.717, 1.165) is 30.2 Å². The molecule has 4 rings (SSSR count). The molecule has 1 fully saturated rings. The summed E-state index contributed by atoms with van der Waals surface area (Å²) in [6.45, 7) is 0.967. The zero-order valence-corrected chi connectivity index (χ0v) is 18.4. The average molecular weight is 472 g/mol. The van der Waals surface area contributed by atoms with Gasteiger partial charge < -0.3 is 24.3 Å². The number of fused-ring (bicyclic) bond motifs is 1. The number of primary amides is 1. The molecule has 168 valence electrons. The van der Waals surface area contributed by atoms with Gasteiger partial charge in [-0.1, -0.05) is 0 Å². The van der Waals surface area contributed by atoms with E-state index in [4.69, 9.17) is 19.4 Å². The molecule has 0 aliphatic carbocycles. The molecule has 2 aliphatic heterocycles. The maximum absolute atomic E-state index is 14.3. The van der Waals surface area contributed by atoms with Crippen LogP contribution in [0.2, 0.25) is 0 Å². The predicted octanol–water partition coefficient (Wildman–Crippen LogP) is 2.62. The first-order valence-corrected chi connectivity index (χ1v) is 12.3. The third kappa shape index (κ3) is 4.97. The molecule has 2 aliphatic rings. The van der Waals surface area contributed by atoms with Crippen molar-refractivity contribution in [3.63, 3.8) is 0 Å². The number of halogens is 1. The van der Waals surface area contributed by atoms with Gasteiger partial charge >= 0.3 is 16.1 Å². The first-order valence-electron chi connectivity index (χ1n) is 9.64. The van der Waals surface area contributed by atoms with E-state index in [1.54, 1.807) is 4.90 Å². The quantitative estimate of drug-likeness (QED) is 0.681. The molecule has 0 spiro atoms. The number of nitrogens with two attached hydrogens (primary N) is 1. The highest BCUT2D eigenvalue weighted by atomic mass is 32.2. The third-order valence-corrected chi connectivity index (χ3v) is 6.78. The number of hydrogen-bond donors (Lipinski definition) is 1. The van der Waals surface area contributed by atoms with Crippen molar-refractivity contribution in [1.29, 1.82) is 0 Å². The van der Waals surface area contributed by atoms with Gasteiger partial charge in [-0.05, 0) is 25.0 Å². The monoisotopic (exact) mass is 471 g/mol. The molecule has 0 bridgehead atoms. The summed E-state index contributed by atoms with van der Waals surface area (Å²) in [6, 6.07) is 1.99. The van der Waals surface area contributed by atoms with Crippen molar-refractivity contribution in [2.24, 2.45) is 5.73 Å². The molecule has 2 aromatic rings. The normalized spacial score (nSPS) is 20.2. The molecule has 9 nitrogen and oxygen atoms in total. The maximum atomic E-state index is 14.3. The Morgan fingerprint density at radius 3 is 2.58 bits per heavy atom. The number of aromatic nitrogens is 1. The van der Waals surface area contributed by atoms with Gasteiger partial charge in [-0.15, -0.1) is 11.3 Å². The minimum absolute atomic E-state index is 0.0170. The summed E-state index contributed by atoms with van der Waals surface area (Å²) in [5.41, 5.74) is 6.38. The topological polar surface area (TPSA) is 121 Å². The van der Waals surface area contributed by atoms with Gasteiger partial charge in [0.2, 0.25) is 6.29 Å². The van der Waals surface area contributed by atoms with Crippen LogP contribution in [0.3, 0.4) is 0 Å². The number of thiazole rings is 1. The number of hydrogen-bond acceptors (Lipinski definition) is 8. The lowest BCUT2D eigenvalue weighted by Gasteiger charge is -2.29. The van der Waals surface area contributed by atoms with Crippen molar-refractivity contribution < 1.29 is 31.3 Å². The summed E-state index contributed by atoms with van der Waals surface area (Å²) >= 11 is 1.48. The van der Waals surface area contributed by atoms with E-state index < -0.39 is 28.3 Å². The number of carbonyl (C=O) groups is 1. The number of rotatable bonds is 4. The number of nitrogens with zero attached hydrogens (tertiary/aromatic N) is 2. The van der Waals surface area contributed by atoms with Crippen molar-refractivity contribution in [2.75, 3.05) is 19.3 Å². The molecule has 1 unspecified atom stereocenters. The van der Waals surface area contributed by atoms with Crippen LogP contribution in [0.15, 0.2) is 17.5 Å². The van der Waals surface area contributed by atoms with Gasteiger partial charge in [0, 0.05) is 35.5 Å². The Balaban J connectivity index is 1.48. The Morgan fingerprint density at radius 2 is 1.94 bits per heavy atom. The fraction of sp³-hybridized carbons (Fsp3) is 0.474. The molecule has 0 saturated carbocycles. The summed E-state index contributed by atoms with van der Waals surface area (Å²) < 4.78 is 53.9. The van der Waals surface area contributed by atoms with Crippen LogP contribution in [0, 0.1) is 5.82 Å². The van der Waals surface area contributed by atoms with E-state index in [2.05, 4.69) is 4.98 Å². The van der Waals surface area contributed by atoms with Crippen molar-refractivity contribution in [2.45, 2.75) is 38.3 Å². The highest BCUT2D eigenvalue weighted by molar-refractivity contribution is 7.86. The Labute approximate surface area is 183 Å². The number of likely N-dealkylation sites (tertiary alicyclic amines) is 1. The summed E-state index contributed by atoms with van der Waals surface area (Å²) in [5.74, 6) is -0.298. The second-order valence-electron chi connectivity index (χ2n) is 7.45. The average Bonchev–Trinajstić information content (AvgIpc) is 3.09. The van der Waals surface area contributed by atoms with E-state index in [1.807, 2.05) is 5.38 Å². The molecule has 3 heterocycles. The molecule has 1 saturated heterocycles.